The van der Waals surface area contributed by atoms with Gasteiger partial charge in [-0.2, -0.15) is 0 Å². The van der Waals surface area contributed by atoms with E-state index in [0.29, 0.717) is 13.0 Å². The van der Waals surface area contributed by atoms with Crippen LogP contribution in [0.25, 0.3) is 0 Å². The van der Waals surface area contributed by atoms with Gasteiger partial charge in [-0.15, -0.1) is 0 Å². The molecule has 2 unspecified atom stereocenters. The standard InChI is InChI=1S/C10H11NO2S/c12-10-11-7-9(14(10)13)6-8-4-2-1-3-5-8/h1-5,9H,6-7H2,(H,11,12). The molecule has 1 heterocycles. The van der Waals surface area contributed by atoms with Gasteiger partial charge < -0.3 is 5.32 Å². The molecule has 2 atom stereocenters. The van der Waals surface area contributed by atoms with Gasteiger partial charge in [0.25, 0.3) is 0 Å². The molecule has 4 heteroatoms. The van der Waals surface area contributed by atoms with Crippen molar-refractivity contribution < 1.29 is 9.00 Å². The van der Waals surface area contributed by atoms with Crippen LogP contribution in [0.4, 0.5) is 4.79 Å². The first kappa shape index (κ1) is 9.40. The first-order valence-electron chi connectivity index (χ1n) is 4.49. The number of hydrogen-bond acceptors (Lipinski definition) is 2. The average Bonchev–Trinajstić information content (AvgIpc) is 2.52. The Morgan fingerprint density at radius 1 is 1.36 bits per heavy atom. The summed E-state index contributed by atoms with van der Waals surface area (Å²) in [6, 6.07) is 9.81. The number of hydrogen-bond donors (Lipinski definition) is 1. The van der Waals surface area contributed by atoms with Crippen molar-refractivity contribution in [2.75, 3.05) is 6.54 Å². The molecule has 0 saturated carbocycles. The summed E-state index contributed by atoms with van der Waals surface area (Å²) in [7, 11) is -1.36. The van der Waals surface area contributed by atoms with E-state index in [1.165, 1.54) is 0 Å². The highest BCUT2D eigenvalue weighted by molar-refractivity contribution is 8.01. The highest BCUT2D eigenvalue weighted by Crippen LogP contribution is 2.12. The average molecular weight is 209 g/mol. The Morgan fingerprint density at radius 3 is 2.64 bits per heavy atom. The predicted molar refractivity (Wildman–Crippen MR) is 55.5 cm³/mol. The van der Waals surface area contributed by atoms with Crippen LogP contribution < -0.4 is 5.32 Å². The largest absolute Gasteiger partial charge is 0.344 e. The Morgan fingerprint density at radius 2 is 2.07 bits per heavy atom. The van der Waals surface area contributed by atoms with Crippen molar-refractivity contribution >= 4 is 16.0 Å². The van der Waals surface area contributed by atoms with E-state index in [1.807, 2.05) is 30.3 Å². The van der Waals surface area contributed by atoms with Crippen LogP contribution in [0, 0.1) is 0 Å². The molecule has 1 aromatic rings. The fraction of sp³-hybridized carbons (Fsp3) is 0.300. The molecule has 0 aromatic heterocycles. The Balaban J connectivity index is 2.06. The van der Waals surface area contributed by atoms with E-state index in [4.69, 9.17) is 0 Å². The fourth-order valence-corrected chi connectivity index (χ4v) is 2.63. The zero-order chi connectivity index (χ0) is 9.97. The minimum Gasteiger partial charge on any atom is -0.344 e. The minimum atomic E-state index is -1.36. The number of nitrogens with one attached hydrogen (secondary N) is 1. The third-order valence-electron chi connectivity index (χ3n) is 2.27. The number of amides is 1. The number of carbonyl (C=O) groups excluding carboxylic acids is 1. The second kappa shape index (κ2) is 3.92. The summed E-state index contributed by atoms with van der Waals surface area (Å²) >= 11 is 0. The highest BCUT2D eigenvalue weighted by atomic mass is 32.2. The topological polar surface area (TPSA) is 46.2 Å². The third-order valence-corrected chi connectivity index (χ3v) is 3.71. The molecule has 0 aliphatic carbocycles. The number of rotatable bonds is 2. The normalized spacial score (nSPS) is 26.1. The molecule has 3 nitrogen and oxygen atoms in total. The lowest BCUT2D eigenvalue weighted by Crippen LogP contribution is -2.17. The van der Waals surface area contributed by atoms with Crippen LogP contribution in [-0.2, 0) is 17.2 Å². The van der Waals surface area contributed by atoms with Crippen LogP contribution in [0.5, 0.6) is 0 Å². The van der Waals surface area contributed by atoms with Gasteiger partial charge in [-0.05, 0) is 12.0 Å². The van der Waals surface area contributed by atoms with E-state index in [2.05, 4.69) is 5.32 Å². The zero-order valence-corrected chi connectivity index (χ0v) is 8.42. The second-order valence-electron chi connectivity index (χ2n) is 3.28. The minimum absolute atomic E-state index is 0.0649. The summed E-state index contributed by atoms with van der Waals surface area (Å²) in [6.07, 6.45) is 0.701. The summed E-state index contributed by atoms with van der Waals surface area (Å²) < 4.78 is 11.4. The van der Waals surface area contributed by atoms with Gasteiger partial charge in [0.1, 0.15) is 10.8 Å². The van der Waals surface area contributed by atoms with Gasteiger partial charge >= 0.3 is 5.24 Å². The van der Waals surface area contributed by atoms with Crippen molar-refractivity contribution in [2.24, 2.45) is 0 Å². The van der Waals surface area contributed by atoms with Crippen LogP contribution in [0.1, 0.15) is 5.56 Å². The molecule has 0 bridgehead atoms. The first-order chi connectivity index (χ1) is 6.77. The maximum Gasteiger partial charge on any atom is 0.309 e. The van der Waals surface area contributed by atoms with Gasteiger partial charge in [0, 0.05) is 6.54 Å². The lowest BCUT2D eigenvalue weighted by Gasteiger charge is -2.05. The third kappa shape index (κ3) is 1.85. The van der Waals surface area contributed by atoms with Crippen molar-refractivity contribution in [1.82, 2.24) is 5.32 Å². The van der Waals surface area contributed by atoms with E-state index in [9.17, 15) is 9.00 Å². The second-order valence-corrected chi connectivity index (χ2v) is 4.91. The molecule has 74 valence electrons. The lowest BCUT2D eigenvalue weighted by atomic mass is 10.1. The zero-order valence-electron chi connectivity index (χ0n) is 7.60. The summed E-state index contributed by atoms with van der Waals surface area (Å²) in [6.45, 7) is 0.528. The van der Waals surface area contributed by atoms with E-state index in [0.717, 1.165) is 5.56 Å². The van der Waals surface area contributed by atoms with E-state index in [-0.39, 0.29) is 10.5 Å². The van der Waals surface area contributed by atoms with Crippen LogP contribution >= 0.6 is 0 Å². The highest BCUT2D eigenvalue weighted by Gasteiger charge is 2.30. The monoisotopic (exact) mass is 209 g/mol. The molecule has 14 heavy (non-hydrogen) atoms. The van der Waals surface area contributed by atoms with E-state index >= 15 is 0 Å². The first-order valence-corrected chi connectivity index (χ1v) is 5.71. The molecule has 1 aliphatic heterocycles. The summed E-state index contributed by atoms with van der Waals surface area (Å²) in [5.41, 5.74) is 1.13. The van der Waals surface area contributed by atoms with Crippen LogP contribution in [0.2, 0.25) is 0 Å². The smallest absolute Gasteiger partial charge is 0.309 e. The molecule has 0 radical (unpaired) electrons. The maximum absolute atomic E-state index is 11.4. The summed E-state index contributed by atoms with van der Waals surface area (Å²) in [5.74, 6) is 0. The summed E-state index contributed by atoms with van der Waals surface area (Å²) in [5, 5.41) is 2.21. The van der Waals surface area contributed by atoms with Crippen molar-refractivity contribution in [2.45, 2.75) is 11.7 Å². The van der Waals surface area contributed by atoms with E-state index < -0.39 is 10.8 Å². The van der Waals surface area contributed by atoms with Gasteiger partial charge in [0.15, 0.2) is 0 Å². The Kier molecular flexibility index (Phi) is 2.63. The van der Waals surface area contributed by atoms with Gasteiger partial charge in [-0.1, -0.05) is 30.3 Å². The molecule has 1 aromatic carbocycles. The molecule has 1 amide bonds. The molecule has 1 saturated heterocycles. The van der Waals surface area contributed by atoms with Crippen LogP contribution in [-0.4, -0.2) is 21.2 Å². The van der Waals surface area contributed by atoms with Crippen LogP contribution in [0.3, 0.4) is 0 Å². The van der Waals surface area contributed by atoms with Crippen molar-refractivity contribution in [3.8, 4) is 0 Å². The fourth-order valence-electron chi connectivity index (χ4n) is 1.52. The maximum atomic E-state index is 11.4. The van der Waals surface area contributed by atoms with Gasteiger partial charge in [0.2, 0.25) is 0 Å². The Bertz CT molecular complexity index is 364. The summed E-state index contributed by atoms with van der Waals surface area (Å²) in [4.78, 5) is 11.0. The number of carbonyl (C=O) groups is 1. The van der Waals surface area contributed by atoms with Gasteiger partial charge in [0.05, 0.1) is 5.25 Å². The molecule has 2 rings (SSSR count). The number of benzene rings is 1. The molecule has 1 N–H and O–H groups in total. The van der Waals surface area contributed by atoms with E-state index in [1.54, 1.807) is 0 Å². The van der Waals surface area contributed by atoms with Crippen LogP contribution in [0.15, 0.2) is 30.3 Å². The SMILES string of the molecule is O=C1NCC(Cc2ccccc2)S1=O. The lowest BCUT2D eigenvalue weighted by molar-refractivity contribution is 0.261. The molecule has 1 aliphatic rings. The van der Waals surface area contributed by atoms with Gasteiger partial charge in [-0.3, -0.25) is 4.79 Å². The molecule has 1 fully saturated rings. The Labute approximate surface area is 85.0 Å². The van der Waals surface area contributed by atoms with Crippen molar-refractivity contribution in [3.05, 3.63) is 35.9 Å². The van der Waals surface area contributed by atoms with Crippen molar-refractivity contribution in [1.29, 1.82) is 0 Å². The predicted octanol–water partition coefficient (Wildman–Crippen LogP) is 1.07. The van der Waals surface area contributed by atoms with Crippen molar-refractivity contribution in [3.63, 3.8) is 0 Å². The quantitative estimate of drug-likeness (QED) is 0.792. The van der Waals surface area contributed by atoms with Gasteiger partial charge in [-0.25, -0.2) is 4.21 Å². The molecular weight excluding hydrogens is 198 g/mol. The Hall–Kier alpha value is -1.16. The molecular formula is C10H11NO2S. The molecule has 0 spiro atoms.